The molecule has 1 heterocycles. The molecule has 2 aliphatic rings. The highest BCUT2D eigenvalue weighted by molar-refractivity contribution is 6.00. The molecule has 0 bridgehead atoms. The molecule has 1 atom stereocenters. The summed E-state index contributed by atoms with van der Waals surface area (Å²) in [6, 6.07) is 5.91. The first-order chi connectivity index (χ1) is 9.13. The van der Waals surface area contributed by atoms with Gasteiger partial charge in [0, 0.05) is 30.7 Å². The molecule has 1 unspecified atom stereocenters. The number of rotatable bonds is 1. The largest absolute Gasteiger partial charge is 0.326 e. The lowest BCUT2D eigenvalue weighted by molar-refractivity contribution is -0.121. The Hall–Kier alpha value is -2.17. The fourth-order valence-corrected chi connectivity index (χ4v) is 2.77. The molecule has 1 aromatic carbocycles. The van der Waals surface area contributed by atoms with Crippen molar-refractivity contribution in [3.05, 3.63) is 29.3 Å². The van der Waals surface area contributed by atoms with Gasteiger partial charge >= 0.3 is 0 Å². The quantitative estimate of drug-likeness (QED) is 0.801. The molecule has 2 amide bonds. The number of hydrogen-bond acceptors (Lipinski definition) is 3. The summed E-state index contributed by atoms with van der Waals surface area (Å²) in [5.74, 6) is -0.0798. The lowest BCUT2D eigenvalue weighted by Crippen LogP contribution is -2.34. The summed E-state index contributed by atoms with van der Waals surface area (Å²) in [6.45, 7) is 1.49. The second kappa shape index (κ2) is 4.50. The molecule has 2 N–H and O–H groups in total. The van der Waals surface area contributed by atoms with E-state index in [-0.39, 0.29) is 17.7 Å². The molecule has 98 valence electrons. The van der Waals surface area contributed by atoms with Crippen LogP contribution >= 0.6 is 0 Å². The van der Waals surface area contributed by atoms with Gasteiger partial charge in [-0.2, -0.15) is 5.10 Å². The zero-order chi connectivity index (χ0) is 13.4. The average Bonchev–Trinajstić information content (AvgIpc) is 2.38. The monoisotopic (exact) mass is 257 g/mol. The van der Waals surface area contributed by atoms with Gasteiger partial charge in [-0.1, -0.05) is 6.07 Å². The van der Waals surface area contributed by atoms with E-state index >= 15 is 0 Å². The van der Waals surface area contributed by atoms with E-state index < -0.39 is 0 Å². The highest BCUT2D eigenvalue weighted by atomic mass is 16.2. The van der Waals surface area contributed by atoms with Gasteiger partial charge in [-0.15, -0.1) is 0 Å². The maximum atomic E-state index is 11.5. The number of carbonyl (C=O) groups is 2. The number of nitrogens with one attached hydrogen (secondary N) is 2. The molecule has 5 heteroatoms. The van der Waals surface area contributed by atoms with E-state index in [0.29, 0.717) is 6.42 Å². The Bertz CT molecular complexity index is 592. The van der Waals surface area contributed by atoms with E-state index in [1.807, 2.05) is 18.2 Å². The Labute approximate surface area is 111 Å². The van der Waals surface area contributed by atoms with Crippen LogP contribution in [0.3, 0.4) is 0 Å². The normalized spacial score (nSPS) is 20.8. The molecule has 0 spiro atoms. The van der Waals surface area contributed by atoms with Crippen molar-refractivity contribution in [2.45, 2.75) is 32.1 Å². The number of aryl methyl sites for hydroxylation is 1. The smallest absolute Gasteiger partial charge is 0.241 e. The number of amides is 2. The van der Waals surface area contributed by atoms with Gasteiger partial charge in [0.05, 0.1) is 0 Å². The Morgan fingerprint density at radius 1 is 1.42 bits per heavy atom. The van der Waals surface area contributed by atoms with Crippen molar-refractivity contribution in [3.8, 4) is 0 Å². The van der Waals surface area contributed by atoms with Crippen LogP contribution in [0.2, 0.25) is 0 Å². The number of hydrazone groups is 1. The van der Waals surface area contributed by atoms with Crippen LogP contribution < -0.4 is 10.7 Å². The van der Waals surface area contributed by atoms with Gasteiger partial charge in [0.15, 0.2) is 0 Å². The molecule has 5 nitrogen and oxygen atoms in total. The summed E-state index contributed by atoms with van der Waals surface area (Å²) < 4.78 is 0. The summed E-state index contributed by atoms with van der Waals surface area (Å²) >= 11 is 0. The van der Waals surface area contributed by atoms with Crippen molar-refractivity contribution in [2.75, 3.05) is 5.32 Å². The van der Waals surface area contributed by atoms with E-state index in [1.165, 1.54) is 12.5 Å². The first-order valence-corrected chi connectivity index (χ1v) is 6.39. The molecule has 0 saturated heterocycles. The van der Waals surface area contributed by atoms with Crippen molar-refractivity contribution in [1.29, 1.82) is 0 Å². The Balaban J connectivity index is 2.00. The third-order valence-corrected chi connectivity index (χ3v) is 3.61. The van der Waals surface area contributed by atoms with E-state index in [4.69, 9.17) is 0 Å². The Morgan fingerprint density at radius 3 is 3.05 bits per heavy atom. The van der Waals surface area contributed by atoms with Crippen molar-refractivity contribution >= 4 is 23.2 Å². The third kappa shape index (κ3) is 2.23. The second-order valence-corrected chi connectivity index (χ2v) is 4.99. The van der Waals surface area contributed by atoms with Gasteiger partial charge < -0.3 is 5.32 Å². The van der Waals surface area contributed by atoms with Crippen LogP contribution in [-0.2, 0) is 16.0 Å². The number of hydrogen-bond donors (Lipinski definition) is 2. The molecule has 1 aliphatic carbocycles. The van der Waals surface area contributed by atoms with Crippen LogP contribution in [0.5, 0.6) is 0 Å². The second-order valence-electron chi connectivity index (χ2n) is 4.99. The third-order valence-electron chi connectivity index (χ3n) is 3.61. The number of nitrogens with zero attached hydrogens (tertiary/aromatic N) is 1. The first-order valence-electron chi connectivity index (χ1n) is 6.39. The van der Waals surface area contributed by atoms with Crippen LogP contribution in [0, 0.1) is 0 Å². The minimum Gasteiger partial charge on any atom is -0.326 e. The summed E-state index contributed by atoms with van der Waals surface area (Å²) in [5, 5.41) is 6.93. The SMILES string of the molecule is CC(=O)Nc1ccc2c(c1)C1CC(=O)NN=C1CC2. The number of fused-ring (bicyclic) bond motifs is 3. The number of carbonyl (C=O) groups excluding carboxylic acids is 2. The van der Waals surface area contributed by atoms with E-state index in [9.17, 15) is 9.59 Å². The zero-order valence-electron chi connectivity index (χ0n) is 10.7. The fourth-order valence-electron chi connectivity index (χ4n) is 2.77. The molecule has 0 aromatic heterocycles. The van der Waals surface area contributed by atoms with Gasteiger partial charge in [0.1, 0.15) is 0 Å². The summed E-state index contributed by atoms with van der Waals surface area (Å²) in [6.07, 6.45) is 2.26. The molecular formula is C14H15N3O2. The molecular weight excluding hydrogens is 242 g/mol. The number of benzene rings is 1. The van der Waals surface area contributed by atoms with E-state index in [0.717, 1.165) is 29.8 Å². The molecule has 19 heavy (non-hydrogen) atoms. The molecule has 0 fully saturated rings. The van der Waals surface area contributed by atoms with Crippen molar-refractivity contribution in [2.24, 2.45) is 5.10 Å². The first kappa shape index (κ1) is 11.9. The van der Waals surface area contributed by atoms with Crippen LogP contribution in [0.1, 0.15) is 36.8 Å². The van der Waals surface area contributed by atoms with Gasteiger partial charge in [0.25, 0.3) is 0 Å². The topological polar surface area (TPSA) is 70.6 Å². The maximum Gasteiger partial charge on any atom is 0.241 e. The summed E-state index contributed by atoms with van der Waals surface area (Å²) in [4.78, 5) is 22.6. The van der Waals surface area contributed by atoms with E-state index in [1.54, 1.807) is 0 Å². The van der Waals surface area contributed by atoms with Gasteiger partial charge in [-0.05, 0) is 36.1 Å². The highest BCUT2D eigenvalue weighted by Gasteiger charge is 2.31. The van der Waals surface area contributed by atoms with Crippen LogP contribution in [-0.4, -0.2) is 17.5 Å². The van der Waals surface area contributed by atoms with Gasteiger partial charge in [-0.3, -0.25) is 9.59 Å². The zero-order valence-corrected chi connectivity index (χ0v) is 10.7. The van der Waals surface area contributed by atoms with Crippen LogP contribution in [0.15, 0.2) is 23.3 Å². The lowest BCUT2D eigenvalue weighted by atomic mass is 9.78. The lowest BCUT2D eigenvalue weighted by Gasteiger charge is -2.29. The van der Waals surface area contributed by atoms with Gasteiger partial charge in [0.2, 0.25) is 11.8 Å². The predicted octanol–water partition coefficient (Wildman–Crippen LogP) is 1.55. The molecule has 1 aliphatic heterocycles. The molecule has 1 aromatic rings. The van der Waals surface area contributed by atoms with Crippen LogP contribution in [0.25, 0.3) is 0 Å². The maximum absolute atomic E-state index is 11.5. The van der Waals surface area contributed by atoms with Crippen molar-refractivity contribution in [1.82, 2.24) is 5.43 Å². The van der Waals surface area contributed by atoms with Crippen LogP contribution in [0.4, 0.5) is 5.69 Å². The molecule has 0 saturated carbocycles. The Morgan fingerprint density at radius 2 is 2.26 bits per heavy atom. The highest BCUT2D eigenvalue weighted by Crippen LogP contribution is 2.35. The van der Waals surface area contributed by atoms with Crippen molar-refractivity contribution in [3.63, 3.8) is 0 Å². The predicted molar refractivity (Wildman–Crippen MR) is 72.0 cm³/mol. The minimum atomic E-state index is -0.0916. The minimum absolute atomic E-state index is 0.0495. The number of anilines is 1. The van der Waals surface area contributed by atoms with E-state index in [2.05, 4.69) is 15.8 Å². The summed E-state index contributed by atoms with van der Waals surface area (Å²) in [7, 11) is 0. The van der Waals surface area contributed by atoms with Gasteiger partial charge in [-0.25, -0.2) is 5.43 Å². The Kier molecular flexibility index (Phi) is 2.81. The standard InChI is InChI=1S/C14H15N3O2/c1-8(18)15-10-4-2-9-3-5-13-12(11(9)6-10)7-14(19)17-16-13/h2,4,6,12H,3,5,7H2,1H3,(H,15,18)(H,17,19). The molecule has 0 radical (unpaired) electrons. The average molecular weight is 257 g/mol. The van der Waals surface area contributed by atoms with Crippen molar-refractivity contribution < 1.29 is 9.59 Å². The fraction of sp³-hybridized carbons (Fsp3) is 0.357. The molecule has 3 rings (SSSR count). The summed E-state index contributed by atoms with van der Waals surface area (Å²) in [5.41, 5.74) is 6.71.